The molecule has 0 aliphatic carbocycles. The van der Waals surface area contributed by atoms with Gasteiger partial charge in [-0.25, -0.2) is 0 Å². The fourth-order valence-corrected chi connectivity index (χ4v) is 13.1. The first-order valence-electron chi connectivity index (χ1n) is 18.5. The lowest BCUT2D eigenvalue weighted by atomic mass is 9.82. The van der Waals surface area contributed by atoms with Gasteiger partial charge < -0.3 is 29.3 Å². The zero-order valence-electron chi connectivity index (χ0n) is 30.7. The van der Waals surface area contributed by atoms with Crippen molar-refractivity contribution in [2.45, 2.75) is 76.0 Å². The van der Waals surface area contributed by atoms with Crippen molar-refractivity contribution in [3.05, 3.63) is 89.7 Å². The van der Waals surface area contributed by atoms with E-state index in [0.717, 1.165) is 39.6 Å². The van der Waals surface area contributed by atoms with Crippen LogP contribution < -0.4 is 24.6 Å². The Kier molecular flexibility index (Phi) is 8.98. The number of carbonyl (C=O) groups excluding carboxylic acids is 3. The maximum absolute atomic E-state index is 15.4. The van der Waals surface area contributed by atoms with Crippen molar-refractivity contribution in [3.8, 4) is 5.75 Å². The summed E-state index contributed by atoms with van der Waals surface area (Å²) < 4.78 is 14.6. The molecule has 8 rings (SSSR count). The molecule has 1 spiro atoms. The molecule has 1 N–H and O–H groups in total. The molecule has 3 aromatic carbocycles. The van der Waals surface area contributed by atoms with Gasteiger partial charge in [-0.2, -0.15) is 0 Å². The van der Waals surface area contributed by atoms with E-state index in [9.17, 15) is 14.7 Å². The van der Waals surface area contributed by atoms with Crippen LogP contribution in [0.1, 0.15) is 43.0 Å². The predicted octanol–water partition coefficient (Wildman–Crippen LogP) is 4.15. The predicted molar refractivity (Wildman–Crippen MR) is 203 cm³/mol. The van der Waals surface area contributed by atoms with Crippen molar-refractivity contribution < 1.29 is 29.0 Å². The molecule has 3 saturated heterocycles. The molecule has 3 amide bonds. The molecule has 0 saturated carbocycles. The number of β-lactam (4-membered cyclic amide) rings is 2. The third-order valence-electron chi connectivity index (χ3n) is 12.0. The highest BCUT2D eigenvalue weighted by molar-refractivity contribution is 6.91. The molecule has 53 heavy (non-hydrogen) atoms. The van der Waals surface area contributed by atoms with E-state index in [4.69, 9.17) is 9.47 Å². The number of ether oxygens (including phenoxy) is 2. The first kappa shape index (κ1) is 35.2. The zero-order valence-corrected chi connectivity index (χ0v) is 31.7. The Morgan fingerprint density at radius 2 is 1.68 bits per heavy atom. The number of aromatic nitrogens is 3. The smallest absolute Gasteiger partial charge is 0.264 e. The summed E-state index contributed by atoms with van der Waals surface area (Å²) in [6.45, 7) is 9.05. The van der Waals surface area contributed by atoms with Crippen molar-refractivity contribution in [1.29, 1.82) is 0 Å². The average molecular weight is 735 g/mol. The number of benzene rings is 3. The number of rotatable bonds is 12. The number of hydrogen-bond acceptors (Lipinski definition) is 8. The molecule has 0 unspecified atom stereocenters. The summed E-state index contributed by atoms with van der Waals surface area (Å²) in [6.07, 6.45) is 3.64. The maximum atomic E-state index is 15.4. The quantitative estimate of drug-likeness (QED) is 0.170. The van der Waals surface area contributed by atoms with Gasteiger partial charge in [0, 0.05) is 74.6 Å². The number of carbonyl (C=O) groups is 3. The number of amides is 3. The van der Waals surface area contributed by atoms with Crippen LogP contribution in [0.25, 0.3) is 0 Å². The van der Waals surface area contributed by atoms with Gasteiger partial charge in [-0.1, -0.05) is 54.7 Å². The van der Waals surface area contributed by atoms with Crippen LogP contribution in [0.15, 0.2) is 72.9 Å². The lowest BCUT2D eigenvalue weighted by molar-refractivity contribution is -0.146. The van der Waals surface area contributed by atoms with Gasteiger partial charge in [-0.3, -0.25) is 19.1 Å². The Hall–Kier alpha value is -4.85. The van der Waals surface area contributed by atoms with Crippen LogP contribution in [0.2, 0.25) is 18.6 Å². The fraction of sp³-hybridized carbons (Fsp3) is 0.425. The van der Waals surface area contributed by atoms with Gasteiger partial charge in [0.1, 0.15) is 5.75 Å². The molecule has 5 heterocycles. The topological polar surface area (TPSA) is 130 Å². The van der Waals surface area contributed by atoms with Crippen LogP contribution in [0, 0.1) is 5.92 Å². The van der Waals surface area contributed by atoms with Crippen LogP contribution in [-0.2, 0) is 44.2 Å². The van der Waals surface area contributed by atoms with Gasteiger partial charge in [0.15, 0.2) is 5.60 Å². The lowest BCUT2D eigenvalue weighted by Crippen LogP contribution is -2.51. The highest BCUT2D eigenvalue weighted by atomic mass is 28.3. The van der Waals surface area contributed by atoms with E-state index in [0.29, 0.717) is 51.9 Å². The molecular weight excluding hydrogens is 689 g/mol. The second-order valence-electron chi connectivity index (χ2n) is 15.2. The first-order valence-corrected chi connectivity index (χ1v) is 21.6. The Bertz CT molecular complexity index is 2070. The van der Waals surface area contributed by atoms with Crippen molar-refractivity contribution in [2.75, 3.05) is 41.5 Å². The molecule has 0 radical (unpaired) electrons. The van der Waals surface area contributed by atoms with Crippen molar-refractivity contribution in [2.24, 2.45) is 5.92 Å². The van der Waals surface area contributed by atoms with Crippen molar-refractivity contribution in [3.63, 3.8) is 0 Å². The second kappa shape index (κ2) is 13.5. The van der Waals surface area contributed by atoms with Gasteiger partial charge in [0.05, 0.1) is 39.2 Å². The molecule has 1 aromatic heterocycles. The number of methoxy groups -OCH3 is 1. The summed E-state index contributed by atoms with van der Waals surface area (Å²) in [5, 5.41) is 19.2. The lowest BCUT2D eigenvalue weighted by Gasteiger charge is -2.37. The van der Waals surface area contributed by atoms with E-state index in [1.807, 2.05) is 65.7 Å². The van der Waals surface area contributed by atoms with E-state index < -0.39 is 13.7 Å². The molecule has 276 valence electrons. The van der Waals surface area contributed by atoms with Crippen LogP contribution in [0.5, 0.6) is 5.75 Å². The molecule has 3 fully saturated rings. The Balaban J connectivity index is 1.21. The molecular formula is C40H46N6O6Si. The maximum Gasteiger partial charge on any atom is 0.264 e. The van der Waals surface area contributed by atoms with Crippen LogP contribution >= 0.6 is 0 Å². The van der Waals surface area contributed by atoms with E-state index in [1.54, 1.807) is 21.6 Å². The number of aliphatic hydroxyl groups is 1. The monoisotopic (exact) mass is 734 g/mol. The standard InChI is InChI=1S/C40H46N6O6Si/c1-26-38(53(3,4)32-11-9-31(51-2)10-12-32)35(14-18-43-25-28(17-21-47)41-42-43)52-40(26)33-23-30(45-20-16-37(45)49)8-13-34(33)46(39(40)50)24-27-6-5-7-29(22-27)44-19-15-36(44)48/h5-13,22-23,25-26,35,38,47H,14-21,24H2,1-4H3/t26-,35+,38-,40+/m0/s1. The van der Waals surface area contributed by atoms with E-state index in [1.165, 1.54) is 5.19 Å². The Morgan fingerprint density at radius 3 is 2.32 bits per heavy atom. The highest BCUT2D eigenvalue weighted by Crippen LogP contribution is 2.60. The van der Waals surface area contributed by atoms with Crippen LogP contribution in [0.4, 0.5) is 17.1 Å². The molecule has 4 atom stereocenters. The summed E-state index contributed by atoms with van der Waals surface area (Å²) in [5.74, 6) is 0.616. The Labute approximate surface area is 310 Å². The molecule has 13 heteroatoms. The second-order valence-corrected chi connectivity index (χ2v) is 19.9. The molecule has 12 nitrogen and oxygen atoms in total. The van der Waals surface area contributed by atoms with E-state index in [2.05, 4.69) is 42.5 Å². The zero-order chi connectivity index (χ0) is 37.1. The summed E-state index contributed by atoms with van der Waals surface area (Å²) in [4.78, 5) is 45.7. The minimum Gasteiger partial charge on any atom is -0.497 e. The van der Waals surface area contributed by atoms with E-state index in [-0.39, 0.29) is 41.9 Å². The highest BCUT2D eigenvalue weighted by Gasteiger charge is 2.66. The van der Waals surface area contributed by atoms with Gasteiger partial charge in [-0.05, 0) is 60.0 Å². The van der Waals surface area contributed by atoms with Crippen molar-refractivity contribution in [1.82, 2.24) is 15.0 Å². The minimum atomic E-state index is -2.39. The number of nitrogens with zero attached hydrogens (tertiary/aromatic N) is 6. The van der Waals surface area contributed by atoms with Gasteiger partial charge in [0.25, 0.3) is 5.91 Å². The SMILES string of the molecule is COc1ccc([Si](C)(C)[C@@H]2[C@@H](CCn3cc(CCO)nn3)O[C@]3(C(=O)N(Cc4cccc(N5CCC5=O)c4)c4ccc(N5CCC5=O)cc43)[C@H]2C)cc1. The summed E-state index contributed by atoms with van der Waals surface area (Å²) in [6, 6.07) is 22.1. The first-order chi connectivity index (χ1) is 25.5. The third-order valence-corrected chi connectivity index (χ3v) is 16.4. The van der Waals surface area contributed by atoms with Gasteiger partial charge in [-0.15, -0.1) is 5.10 Å². The number of aryl methyl sites for hydroxylation is 1. The van der Waals surface area contributed by atoms with Crippen molar-refractivity contribution >= 4 is 48.0 Å². The summed E-state index contributed by atoms with van der Waals surface area (Å²) in [7, 11) is -0.728. The van der Waals surface area contributed by atoms with Gasteiger partial charge >= 0.3 is 0 Å². The number of hydrogen-bond donors (Lipinski definition) is 1. The largest absolute Gasteiger partial charge is 0.497 e. The third kappa shape index (κ3) is 5.85. The summed E-state index contributed by atoms with van der Waals surface area (Å²) >= 11 is 0. The number of aliphatic hydroxyl groups excluding tert-OH is 1. The Morgan fingerprint density at radius 1 is 0.962 bits per heavy atom. The van der Waals surface area contributed by atoms with E-state index >= 15 is 4.79 Å². The van der Waals surface area contributed by atoms with Crippen LogP contribution in [-0.4, -0.2) is 78.8 Å². The minimum absolute atomic E-state index is 0.00209. The van der Waals surface area contributed by atoms with Crippen LogP contribution in [0.3, 0.4) is 0 Å². The number of anilines is 3. The fourth-order valence-electron chi connectivity index (χ4n) is 9.01. The summed E-state index contributed by atoms with van der Waals surface area (Å²) in [5.41, 5.74) is 3.53. The average Bonchev–Trinajstić information content (AvgIpc) is 3.79. The molecule has 0 bridgehead atoms. The van der Waals surface area contributed by atoms with Gasteiger partial charge in [0.2, 0.25) is 11.8 Å². The normalized spacial score (nSPS) is 23.8. The number of fused-ring (bicyclic) bond motifs is 2. The molecule has 4 aliphatic rings. The molecule has 4 aliphatic heterocycles. The molecule has 4 aromatic rings.